The fraction of sp³-hybridized carbons (Fsp3) is 1.00. The Bertz CT molecular complexity index is 525. The molecule has 0 radical (unpaired) electrons. The topological polar surface area (TPSA) is 9.23 Å². The van der Waals surface area contributed by atoms with E-state index in [0.717, 1.165) is 29.6 Å². The average Bonchev–Trinajstić information content (AvgIpc) is 2.90. The Labute approximate surface area is 164 Å². The molecule has 0 heterocycles. The predicted molar refractivity (Wildman–Crippen MR) is 114 cm³/mol. The molecule has 3 unspecified atom stereocenters. The van der Waals surface area contributed by atoms with Gasteiger partial charge in [0.1, 0.15) is 0 Å². The van der Waals surface area contributed by atoms with Crippen LogP contribution in [0.25, 0.3) is 0 Å². The molecule has 1 nitrogen and oxygen atoms in total. The van der Waals surface area contributed by atoms with Crippen LogP contribution in [0.15, 0.2) is 0 Å². The standard InChI is InChI=1S/C24H44OSi/c1-17(25-26(4,5)6)20-12-13-21-19-11-10-18-9-7-8-15-23(18,2)22(19)14-16-24(20,21)3/h17-22H,7-16H2,1-6H3/t17-,18+,19?,20+,21?,22?,23-,24+/m0/s1. The maximum absolute atomic E-state index is 6.62. The van der Waals surface area contributed by atoms with Gasteiger partial charge in [0.25, 0.3) is 0 Å². The van der Waals surface area contributed by atoms with Gasteiger partial charge in [0.2, 0.25) is 0 Å². The first-order chi connectivity index (χ1) is 12.2. The molecule has 0 spiro atoms. The fourth-order valence-electron chi connectivity index (χ4n) is 8.75. The molecule has 0 aromatic carbocycles. The molecule has 0 aliphatic heterocycles. The van der Waals surface area contributed by atoms with Gasteiger partial charge in [-0.15, -0.1) is 0 Å². The highest BCUT2D eigenvalue weighted by molar-refractivity contribution is 6.69. The minimum atomic E-state index is -1.45. The van der Waals surface area contributed by atoms with Crippen molar-refractivity contribution in [2.24, 2.45) is 40.4 Å². The lowest BCUT2D eigenvalue weighted by atomic mass is 9.45. The lowest BCUT2D eigenvalue weighted by molar-refractivity contribution is -0.117. The third-order valence-corrected chi connectivity index (χ3v) is 10.8. The van der Waals surface area contributed by atoms with Crippen LogP contribution in [0.4, 0.5) is 0 Å². The zero-order valence-corrected chi connectivity index (χ0v) is 19.4. The van der Waals surface area contributed by atoms with Crippen molar-refractivity contribution < 1.29 is 4.43 Å². The maximum atomic E-state index is 6.62. The van der Waals surface area contributed by atoms with Crippen LogP contribution in [0, 0.1) is 40.4 Å². The van der Waals surface area contributed by atoms with Gasteiger partial charge in [0.05, 0.1) is 0 Å². The molecule has 0 amide bonds. The predicted octanol–water partition coefficient (Wildman–Crippen LogP) is 7.28. The molecular weight excluding hydrogens is 332 g/mol. The quantitative estimate of drug-likeness (QED) is 0.470. The molecule has 4 saturated carbocycles. The molecule has 26 heavy (non-hydrogen) atoms. The second-order valence-electron chi connectivity index (χ2n) is 12.1. The lowest BCUT2D eigenvalue weighted by Gasteiger charge is -2.61. The molecule has 4 aliphatic rings. The Balaban J connectivity index is 1.54. The molecule has 0 aromatic heterocycles. The summed E-state index contributed by atoms with van der Waals surface area (Å²) in [6.07, 6.45) is 15.5. The zero-order valence-electron chi connectivity index (χ0n) is 18.4. The van der Waals surface area contributed by atoms with Gasteiger partial charge in [-0.2, -0.15) is 0 Å². The smallest absolute Gasteiger partial charge is 0.184 e. The third kappa shape index (κ3) is 3.06. The minimum absolute atomic E-state index is 0.467. The number of rotatable bonds is 3. The molecule has 0 saturated heterocycles. The number of hydrogen-bond donors (Lipinski definition) is 0. The Morgan fingerprint density at radius 2 is 1.54 bits per heavy atom. The van der Waals surface area contributed by atoms with Gasteiger partial charge in [0.15, 0.2) is 8.32 Å². The molecule has 8 atom stereocenters. The summed E-state index contributed by atoms with van der Waals surface area (Å²) < 4.78 is 6.62. The second kappa shape index (κ2) is 6.61. The van der Waals surface area contributed by atoms with Gasteiger partial charge in [-0.25, -0.2) is 0 Å². The van der Waals surface area contributed by atoms with Crippen molar-refractivity contribution in [1.82, 2.24) is 0 Å². The number of hydrogen-bond acceptors (Lipinski definition) is 1. The highest BCUT2D eigenvalue weighted by Crippen LogP contribution is 2.67. The van der Waals surface area contributed by atoms with Crippen molar-refractivity contribution >= 4 is 8.32 Å². The molecule has 4 rings (SSSR count). The molecule has 150 valence electrons. The first-order valence-electron chi connectivity index (χ1n) is 11.8. The lowest BCUT2D eigenvalue weighted by Crippen LogP contribution is -2.53. The first-order valence-corrected chi connectivity index (χ1v) is 15.2. The molecule has 4 aliphatic carbocycles. The van der Waals surface area contributed by atoms with Crippen molar-refractivity contribution in [2.75, 3.05) is 0 Å². The summed E-state index contributed by atoms with van der Waals surface area (Å²) in [6, 6.07) is 0. The van der Waals surface area contributed by atoms with Crippen LogP contribution in [0.2, 0.25) is 19.6 Å². The molecule has 2 heteroatoms. The van der Waals surface area contributed by atoms with Gasteiger partial charge in [-0.1, -0.05) is 26.7 Å². The van der Waals surface area contributed by atoms with Gasteiger partial charge >= 0.3 is 0 Å². The Morgan fingerprint density at radius 1 is 0.808 bits per heavy atom. The highest BCUT2D eigenvalue weighted by atomic mass is 28.4. The van der Waals surface area contributed by atoms with Crippen molar-refractivity contribution in [3.05, 3.63) is 0 Å². The van der Waals surface area contributed by atoms with E-state index in [-0.39, 0.29) is 0 Å². The van der Waals surface area contributed by atoms with E-state index in [1.54, 1.807) is 6.42 Å². The van der Waals surface area contributed by atoms with Gasteiger partial charge in [-0.3, -0.25) is 0 Å². The Kier molecular flexibility index (Phi) is 4.96. The van der Waals surface area contributed by atoms with E-state index in [9.17, 15) is 0 Å². The second-order valence-corrected chi connectivity index (χ2v) is 16.5. The largest absolute Gasteiger partial charge is 0.415 e. The fourth-order valence-corrected chi connectivity index (χ4v) is 10.0. The van der Waals surface area contributed by atoms with E-state index in [1.165, 1.54) is 57.8 Å². The van der Waals surface area contributed by atoms with Crippen LogP contribution in [-0.4, -0.2) is 14.4 Å². The highest BCUT2D eigenvalue weighted by Gasteiger charge is 2.60. The van der Waals surface area contributed by atoms with Crippen molar-refractivity contribution in [2.45, 2.75) is 111 Å². The van der Waals surface area contributed by atoms with E-state index in [0.29, 0.717) is 16.9 Å². The number of fused-ring (bicyclic) bond motifs is 5. The van der Waals surface area contributed by atoms with Gasteiger partial charge in [0, 0.05) is 6.10 Å². The Hall–Kier alpha value is 0.177. The third-order valence-electron chi connectivity index (χ3n) is 9.76. The van der Waals surface area contributed by atoms with E-state index >= 15 is 0 Å². The van der Waals surface area contributed by atoms with Gasteiger partial charge < -0.3 is 4.43 Å². The van der Waals surface area contributed by atoms with E-state index < -0.39 is 8.32 Å². The first kappa shape index (κ1) is 19.5. The summed E-state index contributed by atoms with van der Waals surface area (Å²) in [5.74, 6) is 4.90. The minimum Gasteiger partial charge on any atom is -0.415 e. The van der Waals surface area contributed by atoms with Crippen molar-refractivity contribution in [3.8, 4) is 0 Å². The average molecular weight is 377 g/mol. The summed E-state index contributed by atoms with van der Waals surface area (Å²) in [4.78, 5) is 0. The normalized spacial score (nSPS) is 49.8. The van der Waals surface area contributed by atoms with Crippen LogP contribution in [0.3, 0.4) is 0 Å². The summed E-state index contributed by atoms with van der Waals surface area (Å²) >= 11 is 0. The molecule has 4 fully saturated rings. The van der Waals surface area contributed by atoms with E-state index in [1.807, 2.05) is 0 Å². The summed E-state index contributed by atoms with van der Waals surface area (Å²) in [5.41, 5.74) is 1.24. The summed E-state index contributed by atoms with van der Waals surface area (Å²) in [6.45, 7) is 14.9. The van der Waals surface area contributed by atoms with Crippen LogP contribution < -0.4 is 0 Å². The monoisotopic (exact) mass is 376 g/mol. The van der Waals surface area contributed by atoms with Crippen molar-refractivity contribution in [3.63, 3.8) is 0 Å². The Morgan fingerprint density at radius 3 is 2.27 bits per heavy atom. The van der Waals surface area contributed by atoms with Crippen LogP contribution in [-0.2, 0) is 4.43 Å². The van der Waals surface area contributed by atoms with Crippen molar-refractivity contribution in [1.29, 1.82) is 0 Å². The summed E-state index contributed by atoms with van der Waals surface area (Å²) in [5, 5.41) is 0. The van der Waals surface area contributed by atoms with Gasteiger partial charge in [-0.05, 0) is 118 Å². The molecule has 0 aromatic rings. The zero-order chi connectivity index (χ0) is 18.7. The van der Waals surface area contributed by atoms with E-state index in [4.69, 9.17) is 4.43 Å². The molecular formula is C24H44OSi. The summed E-state index contributed by atoms with van der Waals surface area (Å²) in [7, 11) is -1.45. The SMILES string of the molecule is C[C@H](O[Si](C)(C)C)[C@H]1CCC2C3CC[C@H]4CCCC[C@]4(C)C3CC[C@@]21C. The maximum Gasteiger partial charge on any atom is 0.184 e. The van der Waals surface area contributed by atoms with E-state index in [2.05, 4.69) is 40.4 Å². The van der Waals surface area contributed by atoms with Crippen LogP contribution in [0.5, 0.6) is 0 Å². The van der Waals surface area contributed by atoms with Crippen LogP contribution in [0.1, 0.15) is 85.0 Å². The molecule has 0 N–H and O–H groups in total. The van der Waals surface area contributed by atoms with Crippen LogP contribution >= 0.6 is 0 Å². The molecule has 0 bridgehead atoms.